The minimum atomic E-state index is -4.33. The molecule has 1 amide bonds. The number of nitrogens with zero attached hydrogens (tertiary/aromatic N) is 1. The number of phosphoric acid groups is 1. The lowest BCUT2D eigenvalue weighted by atomic mass is 10.0. The molecule has 8 nitrogen and oxygen atoms in total. The Morgan fingerprint density at radius 1 is 0.375 bits per heavy atom. The van der Waals surface area contributed by atoms with E-state index in [1.807, 2.05) is 21.1 Å². The molecule has 0 spiro atoms. The van der Waals surface area contributed by atoms with Crippen LogP contribution in [0.15, 0.2) is 0 Å². The molecule has 0 bridgehead atoms. The third-order valence-electron chi connectivity index (χ3n) is 17.4. The van der Waals surface area contributed by atoms with E-state index in [0.717, 1.165) is 38.5 Å². The van der Waals surface area contributed by atoms with Gasteiger partial charge in [0.1, 0.15) is 13.2 Å². The smallest absolute Gasteiger partial charge is 0.391 e. The van der Waals surface area contributed by atoms with Gasteiger partial charge in [0.2, 0.25) is 5.91 Å². The Balaban J connectivity index is 3.95. The van der Waals surface area contributed by atoms with Gasteiger partial charge in [-0.25, -0.2) is 4.57 Å². The van der Waals surface area contributed by atoms with Gasteiger partial charge in [-0.15, -0.1) is 0 Å². The van der Waals surface area contributed by atoms with Crippen molar-refractivity contribution in [1.82, 2.24) is 5.32 Å². The maximum Gasteiger partial charge on any atom is 0.472 e. The van der Waals surface area contributed by atoms with E-state index in [1.165, 1.54) is 334 Å². The number of rotatable bonds is 69. The Kier molecular flexibility index (Phi) is 62.6. The summed E-state index contributed by atoms with van der Waals surface area (Å²) in [6, 6.07) is -0.757. The number of aliphatic hydroxyl groups excluding tert-OH is 1. The zero-order valence-corrected chi connectivity index (χ0v) is 56.0. The average Bonchev–Trinajstić information content (AvgIpc) is 3.43. The molecule has 0 aliphatic heterocycles. The standard InChI is InChI=1S/C71H145N2O6P/c1-6-8-10-12-14-16-18-20-22-24-26-28-30-32-33-34-35-36-37-38-39-41-42-44-46-48-50-52-54-56-58-60-62-64-70(74)69(68-79-80(76,77)78-67-66-73(3,4)5)72-71(75)65-63-61-59-57-55-53-51-49-47-45-43-40-31-29-27-25-23-21-19-17-15-13-11-9-7-2/h69-70,74H,6-68H2,1-5H3,(H-,72,75,76,77)/p+1. The molecule has 0 saturated carbocycles. The van der Waals surface area contributed by atoms with Gasteiger partial charge in [-0.05, 0) is 12.8 Å². The number of unbranched alkanes of at least 4 members (excludes halogenated alkanes) is 56. The Morgan fingerprint density at radius 2 is 0.600 bits per heavy atom. The number of amides is 1. The molecule has 0 aliphatic rings. The summed E-state index contributed by atoms with van der Waals surface area (Å²) < 4.78 is 23.9. The molecule has 0 rings (SSSR count). The molecule has 0 heterocycles. The molecule has 480 valence electrons. The van der Waals surface area contributed by atoms with Crippen LogP contribution in [0.1, 0.15) is 399 Å². The van der Waals surface area contributed by atoms with Crippen LogP contribution in [0.3, 0.4) is 0 Å². The summed E-state index contributed by atoms with van der Waals surface area (Å²) in [5, 5.41) is 14.2. The number of carbonyl (C=O) groups is 1. The topological polar surface area (TPSA) is 105 Å². The molecule has 3 unspecified atom stereocenters. The van der Waals surface area contributed by atoms with Crippen LogP contribution in [0, 0.1) is 0 Å². The highest BCUT2D eigenvalue weighted by molar-refractivity contribution is 7.47. The van der Waals surface area contributed by atoms with Crippen molar-refractivity contribution in [3.8, 4) is 0 Å². The SMILES string of the molecule is CCCCCCCCCCCCCCCCCCCCCCCCCCCCCCCCCCCC(O)C(COP(=O)(O)OCC[N+](C)(C)C)NC(=O)CCCCCCCCCCCCCCCCCCCCCCCCCCC. The highest BCUT2D eigenvalue weighted by Gasteiger charge is 2.28. The molecule has 0 aromatic heterocycles. The van der Waals surface area contributed by atoms with Gasteiger partial charge in [-0.3, -0.25) is 13.8 Å². The van der Waals surface area contributed by atoms with E-state index in [4.69, 9.17) is 9.05 Å². The van der Waals surface area contributed by atoms with Crippen molar-refractivity contribution in [1.29, 1.82) is 0 Å². The van der Waals surface area contributed by atoms with Crippen molar-refractivity contribution in [3.05, 3.63) is 0 Å². The molecule has 9 heteroatoms. The Bertz CT molecular complexity index is 1260. The van der Waals surface area contributed by atoms with Crippen LogP contribution in [0.2, 0.25) is 0 Å². The number of hydrogen-bond acceptors (Lipinski definition) is 5. The Morgan fingerprint density at radius 3 is 0.838 bits per heavy atom. The number of carbonyl (C=O) groups excluding carboxylic acids is 1. The van der Waals surface area contributed by atoms with Crippen LogP contribution in [0.5, 0.6) is 0 Å². The van der Waals surface area contributed by atoms with Crippen molar-refractivity contribution in [2.75, 3.05) is 40.9 Å². The zero-order chi connectivity index (χ0) is 58.4. The zero-order valence-electron chi connectivity index (χ0n) is 55.1. The summed E-state index contributed by atoms with van der Waals surface area (Å²) in [6.07, 6.45) is 79.4. The van der Waals surface area contributed by atoms with Crippen molar-refractivity contribution in [2.45, 2.75) is 411 Å². The van der Waals surface area contributed by atoms with E-state index >= 15 is 0 Å². The molecule has 0 fully saturated rings. The fraction of sp³-hybridized carbons (Fsp3) is 0.986. The lowest BCUT2D eigenvalue weighted by Crippen LogP contribution is -2.46. The number of likely N-dealkylation sites (N-methyl/N-ethyl adjacent to an activating group) is 1. The van der Waals surface area contributed by atoms with E-state index in [0.29, 0.717) is 23.9 Å². The Labute approximate surface area is 501 Å². The maximum atomic E-state index is 13.1. The molecule has 0 aromatic rings. The minimum Gasteiger partial charge on any atom is -0.391 e. The molecule has 0 aromatic carbocycles. The lowest BCUT2D eigenvalue weighted by molar-refractivity contribution is -0.870. The normalized spacial score (nSPS) is 13.5. The number of nitrogens with one attached hydrogen (secondary N) is 1. The summed E-state index contributed by atoms with van der Waals surface area (Å²) >= 11 is 0. The van der Waals surface area contributed by atoms with Gasteiger partial charge >= 0.3 is 7.82 Å². The first-order valence-electron chi connectivity index (χ1n) is 36.4. The highest BCUT2D eigenvalue weighted by atomic mass is 31.2. The van der Waals surface area contributed by atoms with Crippen molar-refractivity contribution in [2.24, 2.45) is 0 Å². The fourth-order valence-electron chi connectivity index (χ4n) is 11.7. The number of quaternary nitrogens is 1. The molecule has 0 radical (unpaired) electrons. The van der Waals surface area contributed by atoms with Crippen molar-refractivity contribution in [3.63, 3.8) is 0 Å². The van der Waals surface area contributed by atoms with Gasteiger partial charge in [0.25, 0.3) is 0 Å². The second kappa shape index (κ2) is 63.0. The minimum absolute atomic E-state index is 0.0795. The first-order chi connectivity index (χ1) is 39.0. The largest absolute Gasteiger partial charge is 0.472 e. The third-order valence-corrected chi connectivity index (χ3v) is 18.3. The Hall–Kier alpha value is -0.500. The van der Waals surface area contributed by atoms with Crippen LogP contribution in [0.25, 0.3) is 0 Å². The van der Waals surface area contributed by atoms with E-state index in [9.17, 15) is 19.4 Å². The summed E-state index contributed by atoms with van der Waals surface area (Å²) in [5.41, 5.74) is 0. The summed E-state index contributed by atoms with van der Waals surface area (Å²) in [6.45, 7) is 4.97. The molecular weight excluding hydrogens is 1010 g/mol. The monoisotopic (exact) mass is 1150 g/mol. The molecule has 80 heavy (non-hydrogen) atoms. The second-order valence-corrected chi connectivity index (χ2v) is 28.1. The average molecular weight is 1150 g/mol. The van der Waals surface area contributed by atoms with Gasteiger partial charge in [0.05, 0.1) is 39.9 Å². The van der Waals surface area contributed by atoms with E-state index < -0.39 is 20.0 Å². The predicted octanol–water partition coefficient (Wildman–Crippen LogP) is 23.1. The molecular formula is C71H146N2O6P+. The van der Waals surface area contributed by atoms with Gasteiger partial charge < -0.3 is 19.8 Å². The summed E-state index contributed by atoms with van der Waals surface area (Å²) in [4.78, 5) is 23.5. The number of hydrogen-bond donors (Lipinski definition) is 3. The fourth-order valence-corrected chi connectivity index (χ4v) is 12.4. The third kappa shape index (κ3) is 65.1. The predicted molar refractivity (Wildman–Crippen MR) is 351 cm³/mol. The van der Waals surface area contributed by atoms with Gasteiger partial charge in [0.15, 0.2) is 0 Å². The van der Waals surface area contributed by atoms with Crippen molar-refractivity contribution >= 4 is 13.7 Å². The summed E-state index contributed by atoms with van der Waals surface area (Å²) in [7, 11) is 1.64. The van der Waals surface area contributed by atoms with Gasteiger partial charge in [-0.1, -0.05) is 380 Å². The molecule has 3 N–H and O–H groups in total. The van der Waals surface area contributed by atoms with Crippen LogP contribution in [-0.2, 0) is 18.4 Å². The lowest BCUT2D eigenvalue weighted by Gasteiger charge is -2.26. The second-order valence-electron chi connectivity index (χ2n) is 26.7. The van der Waals surface area contributed by atoms with Crippen LogP contribution in [0.4, 0.5) is 0 Å². The molecule has 3 atom stereocenters. The van der Waals surface area contributed by atoms with E-state index in [-0.39, 0.29) is 19.1 Å². The quantitative estimate of drug-likeness (QED) is 0.0318. The van der Waals surface area contributed by atoms with E-state index in [1.54, 1.807) is 0 Å². The maximum absolute atomic E-state index is 13.1. The molecule has 0 saturated heterocycles. The van der Waals surface area contributed by atoms with Crippen LogP contribution in [-0.4, -0.2) is 73.4 Å². The number of phosphoric ester groups is 1. The first-order valence-corrected chi connectivity index (χ1v) is 37.9. The van der Waals surface area contributed by atoms with Gasteiger partial charge in [-0.2, -0.15) is 0 Å². The number of aliphatic hydroxyl groups is 1. The van der Waals surface area contributed by atoms with Gasteiger partial charge in [0, 0.05) is 6.42 Å². The van der Waals surface area contributed by atoms with E-state index in [2.05, 4.69) is 19.2 Å². The van der Waals surface area contributed by atoms with Crippen molar-refractivity contribution < 1.29 is 32.9 Å². The summed E-state index contributed by atoms with van der Waals surface area (Å²) in [5.74, 6) is -0.133. The van der Waals surface area contributed by atoms with Crippen LogP contribution < -0.4 is 5.32 Å². The van der Waals surface area contributed by atoms with Crippen LogP contribution >= 0.6 is 7.82 Å². The first kappa shape index (κ1) is 79.5. The molecule has 0 aliphatic carbocycles. The highest BCUT2D eigenvalue weighted by Crippen LogP contribution is 2.43.